The minimum absolute atomic E-state index is 0.0127. The Bertz CT molecular complexity index is 611. The van der Waals surface area contributed by atoms with E-state index in [2.05, 4.69) is 17.4 Å². The molecule has 0 aliphatic carbocycles. The molecule has 3 N–H and O–H groups in total. The number of hydrogen-bond donors (Lipinski definition) is 2. The summed E-state index contributed by atoms with van der Waals surface area (Å²) in [5.74, 6) is 0.835. The standard InChI is InChI=1S/C17H22N2O2/c1-2-19-17(20)10-12-21-16-8-7-13-5-3-4-6-14(13)15(16)9-11-18/h3-8H,2,9-12,18H2,1H3,(H,19,20). The van der Waals surface area contributed by atoms with E-state index in [1.807, 2.05) is 31.2 Å². The summed E-state index contributed by atoms with van der Waals surface area (Å²) < 4.78 is 5.80. The lowest BCUT2D eigenvalue weighted by Gasteiger charge is -2.14. The van der Waals surface area contributed by atoms with Gasteiger partial charge in [-0.15, -0.1) is 0 Å². The summed E-state index contributed by atoms with van der Waals surface area (Å²) in [5.41, 5.74) is 6.83. The molecule has 0 heterocycles. The summed E-state index contributed by atoms with van der Waals surface area (Å²) in [6, 6.07) is 12.2. The van der Waals surface area contributed by atoms with E-state index in [9.17, 15) is 4.79 Å². The van der Waals surface area contributed by atoms with Gasteiger partial charge in [-0.3, -0.25) is 4.79 Å². The van der Waals surface area contributed by atoms with Crippen molar-refractivity contribution in [2.24, 2.45) is 5.73 Å². The molecule has 4 heteroatoms. The van der Waals surface area contributed by atoms with Crippen LogP contribution in [0.2, 0.25) is 0 Å². The van der Waals surface area contributed by atoms with E-state index in [1.54, 1.807) is 0 Å². The summed E-state index contributed by atoms with van der Waals surface area (Å²) in [5, 5.41) is 5.11. The zero-order chi connectivity index (χ0) is 15.1. The Balaban J connectivity index is 2.15. The number of benzene rings is 2. The first-order valence-electron chi connectivity index (χ1n) is 7.36. The molecule has 4 nitrogen and oxygen atoms in total. The van der Waals surface area contributed by atoms with Crippen LogP contribution in [-0.4, -0.2) is 25.6 Å². The predicted octanol–water partition coefficient (Wildman–Crippen LogP) is 2.25. The molecule has 2 aromatic carbocycles. The van der Waals surface area contributed by atoms with Crippen molar-refractivity contribution in [2.75, 3.05) is 19.7 Å². The van der Waals surface area contributed by atoms with Crippen LogP contribution in [0.1, 0.15) is 18.9 Å². The van der Waals surface area contributed by atoms with Crippen molar-refractivity contribution in [1.29, 1.82) is 0 Å². The molecule has 0 aromatic heterocycles. The van der Waals surface area contributed by atoms with Crippen LogP contribution in [0.4, 0.5) is 0 Å². The highest BCUT2D eigenvalue weighted by atomic mass is 16.5. The zero-order valence-electron chi connectivity index (χ0n) is 12.4. The SMILES string of the molecule is CCNC(=O)CCOc1ccc2ccccc2c1CCN. The van der Waals surface area contributed by atoms with Crippen LogP contribution in [0.5, 0.6) is 5.75 Å². The van der Waals surface area contributed by atoms with Crippen LogP contribution in [0, 0.1) is 0 Å². The molecule has 0 saturated heterocycles. The molecule has 0 bridgehead atoms. The van der Waals surface area contributed by atoms with E-state index in [-0.39, 0.29) is 5.91 Å². The van der Waals surface area contributed by atoms with Gasteiger partial charge in [-0.2, -0.15) is 0 Å². The smallest absolute Gasteiger partial charge is 0.223 e. The first-order chi connectivity index (χ1) is 10.3. The Hall–Kier alpha value is -2.07. The minimum atomic E-state index is 0.0127. The van der Waals surface area contributed by atoms with Gasteiger partial charge in [-0.1, -0.05) is 30.3 Å². The third-order valence-electron chi connectivity index (χ3n) is 3.35. The van der Waals surface area contributed by atoms with Crippen molar-refractivity contribution < 1.29 is 9.53 Å². The summed E-state index contributed by atoms with van der Waals surface area (Å²) in [6.45, 7) is 3.50. The van der Waals surface area contributed by atoms with Crippen molar-refractivity contribution in [2.45, 2.75) is 19.8 Å². The third kappa shape index (κ3) is 3.95. The largest absolute Gasteiger partial charge is 0.493 e. The number of nitrogens with two attached hydrogens (primary N) is 1. The van der Waals surface area contributed by atoms with Crippen LogP contribution < -0.4 is 15.8 Å². The number of nitrogens with one attached hydrogen (secondary N) is 1. The van der Waals surface area contributed by atoms with Crippen molar-refractivity contribution in [3.63, 3.8) is 0 Å². The molecule has 0 aliphatic rings. The normalized spacial score (nSPS) is 10.6. The Morgan fingerprint density at radius 2 is 2.05 bits per heavy atom. The fourth-order valence-electron chi connectivity index (χ4n) is 2.39. The van der Waals surface area contributed by atoms with Gasteiger partial charge < -0.3 is 15.8 Å². The Morgan fingerprint density at radius 1 is 1.24 bits per heavy atom. The lowest BCUT2D eigenvalue weighted by molar-refractivity contribution is -0.121. The fourth-order valence-corrected chi connectivity index (χ4v) is 2.39. The van der Waals surface area contributed by atoms with Crippen LogP contribution in [-0.2, 0) is 11.2 Å². The van der Waals surface area contributed by atoms with Crippen molar-refractivity contribution >= 4 is 16.7 Å². The van der Waals surface area contributed by atoms with Gasteiger partial charge in [0.15, 0.2) is 0 Å². The van der Waals surface area contributed by atoms with Crippen LogP contribution in [0.25, 0.3) is 10.8 Å². The van der Waals surface area contributed by atoms with Gasteiger partial charge in [0.1, 0.15) is 5.75 Å². The highest BCUT2D eigenvalue weighted by molar-refractivity contribution is 5.87. The monoisotopic (exact) mass is 286 g/mol. The molecular formula is C17H22N2O2. The molecule has 2 aromatic rings. The number of fused-ring (bicyclic) bond motifs is 1. The third-order valence-corrected chi connectivity index (χ3v) is 3.35. The van der Waals surface area contributed by atoms with E-state index in [4.69, 9.17) is 10.5 Å². The summed E-state index contributed by atoms with van der Waals surface area (Å²) in [6.07, 6.45) is 1.13. The van der Waals surface area contributed by atoms with Gasteiger partial charge in [-0.05, 0) is 36.7 Å². The Labute approximate surface area is 125 Å². The maximum absolute atomic E-state index is 11.4. The first kappa shape index (κ1) is 15.3. The molecule has 21 heavy (non-hydrogen) atoms. The van der Waals surface area contributed by atoms with Crippen molar-refractivity contribution in [3.8, 4) is 5.75 Å². The molecule has 0 saturated carbocycles. The number of carbonyl (C=O) groups is 1. The second-order valence-corrected chi connectivity index (χ2v) is 4.85. The Kier molecular flexibility index (Phi) is 5.58. The van der Waals surface area contributed by atoms with E-state index in [0.717, 1.165) is 17.7 Å². The fraction of sp³-hybridized carbons (Fsp3) is 0.353. The molecule has 1 amide bonds. The van der Waals surface area contributed by atoms with Gasteiger partial charge >= 0.3 is 0 Å². The highest BCUT2D eigenvalue weighted by Crippen LogP contribution is 2.28. The average molecular weight is 286 g/mol. The lowest BCUT2D eigenvalue weighted by atomic mass is 10.0. The number of ether oxygens (including phenoxy) is 1. The van der Waals surface area contributed by atoms with Crippen molar-refractivity contribution in [1.82, 2.24) is 5.32 Å². The quantitative estimate of drug-likeness (QED) is 0.820. The molecule has 0 unspecified atom stereocenters. The molecule has 0 atom stereocenters. The number of carbonyl (C=O) groups excluding carboxylic acids is 1. The number of amides is 1. The van der Waals surface area contributed by atoms with Crippen molar-refractivity contribution in [3.05, 3.63) is 42.0 Å². The molecule has 2 rings (SSSR count). The first-order valence-corrected chi connectivity index (χ1v) is 7.36. The van der Waals surface area contributed by atoms with E-state index >= 15 is 0 Å². The van der Waals surface area contributed by atoms with E-state index in [0.29, 0.717) is 26.1 Å². The molecule has 0 radical (unpaired) electrons. The summed E-state index contributed by atoms with van der Waals surface area (Å²) in [7, 11) is 0. The van der Waals surface area contributed by atoms with E-state index in [1.165, 1.54) is 10.8 Å². The average Bonchev–Trinajstić information content (AvgIpc) is 2.49. The van der Waals surface area contributed by atoms with Crippen LogP contribution in [0.15, 0.2) is 36.4 Å². The van der Waals surface area contributed by atoms with Gasteiger partial charge in [0.05, 0.1) is 13.0 Å². The summed E-state index contributed by atoms with van der Waals surface area (Å²) >= 11 is 0. The molecular weight excluding hydrogens is 264 g/mol. The second kappa shape index (κ2) is 7.64. The van der Waals surface area contributed by atoms with Gasteiger partial charge in [0.2, 0.25) is 5.91 Å². The highest BCUT2D eigenvalue weighted by Gasteiger charge is 2.09. The predicted molar refractivity (Wildman–Crippen MR) is 85.5 cm³/mol. The molecule has 0 spiro atoms. The maximum atomic E-state index is 11.4. The summed E-state index contributed by atoms with van der Waals surface area (Å²) in [4.78, 5) is 11.4. The van der Waals surface area contributed by atoms with Gasteiger partial charge in [0.25, 0.3) is 0 Å². The van der Waals surface area contributed by atoms with Gasteiger partial charge in [-0.25, -0.2) is 0 Å². The Morgan fingerprint density at radius 3 is 2.81 bits per heavy atom. The molecule has 0 aliphatic heterocycles. The maximum Gasteiger partial charge on any atom is 0.223 e. The van der Waals surface area contributed by atoms with Gasteiger partial charge in [0, 0.05) is 12.1 Å². The zero-order valence-corrected chi connectivity index (χ0v) is 12.4. The molecule has 0 fully saturated rings. The van der Waals surface area contributed by atoms with Crippen LogP contribution >= 0.6 is 0 Å². The van der Waals surface area contributed by atoms with Crippen LogP contribution in [0.3, 0.4) is 0 Å². The second-order valence-electron chi connectivity index (χ2n) is 4.85. The van der Waals surface area contributed by atoms with E-state index < -0.39 is 0 Å². The topological polar surface area (TPSA) is 64.3 Å². The lowest BCUT2D eigenvalue weighted by Crippen LogP contribution is -2.24. The molecule has 112 valence electrons. The minimum Gasteiger partial charge on any atom is -0.493 e. The number of rotatable bonds is 7. The number of hydrogen-bond acceptors (Lipinski definition) is 3.